The van der Waals surface area contributed by atoms with Crippen LogP contribution in [0.4, 0.5) is 13.2 Å². The standard InChI is InChI=1S/C27H28F3N3O5/c28-19-7-8-20(29)26(25(19)30)38-11-1-2-15-3-5-16(6-4-15)18-12-17-13-33(23(35)10-9-22(31)34)14-21(32-17)24(18)27(36)37/h3-8,17,21,32H,1-2,9-14H2,(H2,31,34)(H,36,37)/t17-,21-/m1/s1. The molecule has 2 aliphatic heterocycles. The predicted molar refractivity (Wildman–Crippen MR) is 131 cm³/mol. The van der Waals surface area contributed by atoms with Crippen molar-refractivity contribution in [1.29, 1.82) is 0 Å². The number of fused-ring (bicyclic) bond motifs is 2. The van der Waals surface area contributed by atoms with E-state index < -0.39 is 41.1 Å². The quantitative estimate of drug-likeness (QED) is 0.320. The van der Waals surface area contributed by atoms with Gasteiger partial charge in [-0.3, -0.25) is 9.59 Å². The first-order chi connectivity index (χ1) is 18.1. The number of primary amides is 1. The Hall–Kier alpha value is -3.86. The number of nitrogens with one attached hydrogen (secondary N) is 1. The molecule has 4 N–H and O–H groups in total. The summed E-state index contributed by atoms with van der Waals surface area (Å²) in [7, 11) is 0. The molecule has 2 heterocycles. The molecule has 1 saturated heterocycles. The highest BCUT2D eigenvalue weighted by Crippen LogP contribution is 2.33. The van der Waals surface area contributed by atoms with Crippen molar-refractivity contribution in [1.82, 2.24) is 10.2 Å². The van der Waals surface area contributed by atoms with Gasteiger partial charge in [0.25, 0.3) is 0 Å². The number of carboxylic acid groups (broad SMARTS) is 1. The molecule has 2 aromatic rings. The lowest BCUT2D eigenvalue weighted by Crippen LogP contribution is -2.61. The van der Waals surface area contributed by atoms with Gasteiger partial charge in [-0.25, -0.2) is 13.6 Å². The van der Waals surface area contributed by atoms with E-state index in [1.165, 1.54) is 0 Å². The molecule has 0 saturated carbocycles. The van der Waals surface area contributed by atoms with Gasteiger partial charge >= 0.3 is 5.97 Å². The average molecular weight is 532 g/mol. The number of rotatable bonds is 10. The zero-order valence-corrected chi connectivity index (χ0v) is 20.5. The lowest BCUT2D eigenvalue weighted by Gasteiger charge is -2.43. The monoisotopic (exact) mass is 531 g/mol. The lowest BCUT2D eigenvalue weighted by molar-refractivity contribution is -0.136. The van der Waals surface area contributed by atoms with E-state index in [9.17, 15) is 32.7 Å². The van der Waals surface area contributed by atoms with Crippen molar-refractivity contribution in [3.8, 4) is 5.75 Å². The summed E-state index contributed by atoms with van der Waals surface area (Å²) in [5.74, 6) is -6.12. The van der Waals surface area contributed by atoms with Crippen LogP contribution in [0.1, 0.15) is 36.8 Å². The second-order valence-electron chi connectivity index (χ2n) is 9.40. The molecule has 0 aromatic heterocycles. The smallest absolute Gasteiger partial charge is 0.333 e. The summed E-state index contributed by atoms with van der Waals surface area (Å²) in [6.45, 7) is 0.565. The molecule has 0 radical (unpaired) electrons. The molecule has 202 valence electrons. The number of benzene rings is 2. The third-order valence-electron chi connectivity index (χ3n) is 6.73. The van der Waals surface area contributed by atoms with E-state index in [4.69, 9.17) is 10.5 Å². The van der Waals surface area contributed by atoms with Crippen LogP contribution in [0.5, 0.6) is 5.75 Å². The molecular formula is C27H28F3N3O5. The first kappa shape index (κ1) is 27.2. The van der Waals surface area contributed by atoms with Crippen LogP contribution in [0.15, 0.2) is 42.0 Å². The van der Waals surface area contributed by atoms with Crippen molar-refractivity contribution in [2.24, 2.45) is 5.73 Å². The Bertz CT molecular complexity index is 1270. The molecule has 2 amide bonds. The van der Waals surface area contributed by atoms with Gasteiger partial charge in [-0.15, -0.1) is 0 Å². The van der Waals surface area contributed by atoms with Gasteiger partial charge in [0.05, 0.1) is 18.2 Å². The molecule has 1 fully saturated rings. The Morgan fingerprint density at radius 3 is 2.42 bits per heavy atom. The number of carboxylic acids is 1. The maximum absolute atomic E-state index is 13.7. The second kappa shape index (κ2) is 11.7. The Labute approximate surface area is 217 Å². The van der Waals surface area contributed by atoms with Crippen LogP contribution in [-0.4, -0.2) is 59.6 Å². The Kier molecular flexibility index (Phi) is 8.35. The van der Waals surface area contributed by atoms with Crippen molar-refractivity contribution >= 4 is 23.4 Å². The zero-order valence-electron chi connectivity index (χ0n) is 20.5. The summed E-state index contributed by atoms with van der Waals surface area (Å²) in [5, 5.41) is 13.3. The van der Waals surface area contributed by atoms with Gasteiger partial charge in [0.15, 0.2) is 17.4 Å². The topological polar surface area (TPSA) is 122 Å². The molecule has 4 rings (SSSR count). The number of piperazine rings is 1. The number of ether oxygens (including phenoxy) is 1. The molecule has 0 unspecified atom stereocenters. The number of aryl methyl sites for hydroxylation is 1. The van der Waals surface area contributed by atoms with E-state index >= 15 is 0 Å². The molecular weight excluding hydrogens is 503 g/mol. The SMILES string of the molecule is NC(=O)CCC(=O)N1C[C@H]2CC(c3ccc(CCCOc4c(F)ccc(F)c4F)cc3)=C(C(=O)O)[C@@H](C1)N2. The van der Waals surface area contributed by atoms with E-state index in [1.807, 2.05) is 24.3 Å². The third-order valence-corrected chi connectivity index (χ3v) is 6.73. The minimum Gasteiger partial charge on any atom is -0.488 e. The minimum atomic E-state index is -1.36. The van der Waals surface area contributed by atoms with Crippen molar-refractivity contribution in [3.63, 3.8) is 0 Å². The second-order valence-corrected chi connectivity index (χ2v) is 9.40. The van der Waals surface area contributed by atoms with Crippen molar-refractivity contribution in [3.05, 3.63) is 70.5 Å². The predicted octanol–water partition coefficient (Wildman–Crippen LogP) is 2.79. The lowest BCUT2D eigenvalue weighted by atomic mass is 9.83. The van der Waals surface area contributed by atoms with Crippen LogP contribution < -0.4 is 15.8 Å². The van der Waals surface area contributed by atoms with E-state index in [2.05, 4.69) is 5.32 Å². The normalized spacial score (nSPS) is 18.9. The van der Waals surface area contributed by atoms with Gasteiger partial charge in [-0.2, -0.15) is 4.39 Å². The molecule has 2 aliphatic rings. The van der Waals surface area contributed by atoms with Crippen LogP contribution in [-0.2, 0) is 20.8 Å². The first-order valence-corrected chi connectivity index (χ1v) is 12.3. The summed E-state index contributed by atoms with van der Waals surface area (Å²) < 4.78 is 45.8. The highest BCUT2D eigenvalue weighted by atomic mass is 19.2. The van der Waals surface area contributed by atoms with Gasteiger partial charge in [0.2, 0.25) is 17.6 Å². The van der Waals surface area contributed by atoms with Gasteiger partial charge in [0, 0.05) is 32.0 Å². The minimum absolute atomic E-state index is 0.00757. The largest absolute Gasteiger partial charge is 0.488 e. The summed E-state index contributed by atoms with van der Waals surface area (Å²) in [4.78, 5) is 37.3. The van der Waals surface area contributed by atoms with Gasteiger partial charge in [-0.05, 0) is 48.1 Å². The number of aliphatic carboxylic acids is 1. The molecule has 0 spiro atoms. The Balaban J connectivity index is 1.40. The van der Waals surface area contributed by atoms with Gasteiger partial charge in [-0.1, -0.05) is 24.3 Å². The van der Waals surface area contributed by atoms with Crippen LogP contribution >= 0.6 is 0 Å². The highest BCUT2D eigenvalue weighted by molar-refractivity contribution is 5.99. The number of carbonyl (C=O) groups excluding carboxylic acids is 2. The van der Waals surface area contributed by atoms with Crippen molar-refractivity contribution < 1.29 is 37.4 Å². The molecule has 38 heavy (non-hydrogen) atoms. The Morgan fingerprint density at radius 2 is 1.74 bits per heavy atom. The number of amides is 2. The fourth-order valence-electron chi connectivity index (χ4n) is 4.92. The molecule has 2 atom stereocenters. The number of halogens is 3. The average Bonchev–Trinajstić information content (AvgIpc) is 2.88. The van der Waals surface area contributed by atoms with Crippen LogP contribution in [0.2, 0.25) is 0 Å². The molecule has 2 aromatic carbocycles. The molecule has 8 nitrogen and oxygen atoms in total. The van der Waals surface area contributed by atoms with E-state index in [0.717, 1.165) is 17.2 Å². The maximum Gasteiger partial charge on any atom is 0.333 e. The number of nitrogens with two attached hydrogens (primary N) is 1. The van der Waals surface area contributed by atoms with Crippen LogP contribution in [0, 0.1) is 17.5 Å². The fourth-order valence-corrected chi connectivity index (χ4v) is 4.92. The number of hydrogen-bond donors (Lipinski definition) is 3. The van der Waals surface area contributed by atoms with E-state index in [0.29, 0.717) is 37.4 Å². The Morgan fingerprint density at radius 1 is 1.03 bits per heavy atom. The third kappa shape index (κ3) is 6.16. The highest BCUT2D eigenvalue weighted by Gasteiger charge is 2.39. The molecule has 0 aliphatic carbocycles. The van der Waals surface area contributed by atoms with Gasteiger partial charge in [0.1, 0.15) is 0 Å². The van der Waals surface area contributed by atoms with E-state index in [-0.39, 0.29) is 43.5 Å². The van der Waals surface area contributed by atoms with Crippen LogP contribution in [0.25, 0.3) is 5.57 Å². The molecule has 2 bridgehead atoms. The summed E-state index contributed by atoms with van der Waals surface area (Å²) in [6, 6.07) is 8.18. The van der Waals surface area contributed by atoms with E-state index in [1.54, 1.807) is 4.90 Å². The first-order valence-electron chi connectivity index (χ1n) is 12.3. The van der Waals surface area contributed by atoms with Gasteiger partial charge < -0.3 is 25.8 Å². The fraction of sp³-hybridized carbons (Fsp3) is 0.370. The van der Waals surface area contributed by atoms with Crippen LogP contribution in [0.3, 0.4) is 0 Å². The molecule has 11 heteroatoms. The summed E-state index contributed by atoms with van der Waals surface area (Å²) in [6.07, 6.45) is 1.30. The maximum atomic E-state index is 13.7. The number of hydrogen-bond acceptors (Lipinski definition) is 5. The summed E-state index contributed by atoms with van der Waals surface area (Å²) in [5.41, 5.74) is 7.71. The zero-order chi connectivity index (χ0) is 27.4. The van der Waals surface area contributed by atoms with Crippen molar-refractivity contribution in [2.45, 2.75) is 44.2 Å². The van der Waals surface area contributed by atoms with Crippen molar-refractivity contribution in [2.75, 3.05) is 19.7 Å². The number of carbonyl (C=O) groups is 3. The summed E-state index contributed by atoms with van der Waals surface area (Å²) >= 11 is 0. The number of nitrogens with zero attached hydrogens (tertiary/aromatic N) is 1.